The van der Waals surface area contributed by atoms with Crippen LogP contribution in [0.15, 0.2) is 70.2 Å². The van der Waals surface area contributed by atoms with Crippen LogP contribution in [0.5, 0.6) is 0 Å². The number of halogens is 1. The summed E-state index contributed by atoms with van der Waals surface area (Å²) in [6.07, 6.45) is 1.58. The van der Waals surface area contributed by atoms with Crippen LogP contribution < -0.4 is 0 Å². The third-order valence-corrected chi connectivity index (χ3v) is 6.82. The fourth-order valence-electron chi connectivity index (χ4n) is 3.33. The summed E-state index contributed by atoms with van der Waals surface area (Å²) in [4.78, 5) is 8.76. The van der Waals surface area contributed by atoms with Crippen LogP contribution >= 0.6 is 0 Å². The molecule has 5 rings (SSSR count). The van der Waals surface area contributed by atoms with Gasteiger partial charge < -0.3 is 4.52 Å². The molecule has 2 aromatic heterocycles. The second-order valence-corrected chi connectivity index (χ2v) is 8.72. The Labute approximate surface area is 165 Å². The minimum atomic E-state index is -3.68. The third-order valence-electron chi connectivity index (χ3n) is 4.95. The summed E-state index contributed by atoms with van der Waals surface area (Å²) in [5.74, 6) is 0.182. The molecule has 146 valence electrons. The minimum absolute atomic E-state index is 0.186. The van der Waals surface area contributed by atoms with E-state index in [1.165, 1.54) is 16.4 Å². The zero-order valence-corrected chi connectivity index (χ0v) is 15.9. The maximum Gasteiger partial charge on any atom is 0.245 e. The molecule has 7 nitrogen and oxygen atoms in total. The Bertz CT molecular complexity index is 1290. The number of rotatable bonds is 4. The standard InChI is InChI=1S/C20H15FN4O3S/c21-16-8-6-14(7-9-16)19-23-20(28-24-19)15-11-25(12-15)29(26,27)17-5-1-3-13-4-2-10-22-18(13)17/h1-10,15H,11-12H2. The van der Waals surface area contributed by atoms with Crippen LogP contribution in [0.3, 0.4) is 0 Å². The van der Waals surface area contributed by atoms with Gasteiger partial charge in [-0.05, 0) is 36.4 Å². The predicted octanol–water partition coefficient (Wildman–Crippen LogP) is 3.21. The SMILES string of the molecule is O=S(=O)(c1cccc2cccnc12)N1CC(c2nc(-c3ccc(F)cc3)no2)C1. The van der Waals surface area contributed by atoms with E-state index >= 15 is 0 Å². The molecule has 1 aliphatic rings. The van der Waals surface area contributed by atoms with E-state index in [2.05, 4.69) is 15.1 Å². The molecule has 3 heterocycles. The summed E-state index contributed by atoms with van der Waals surface area (Å²) < 4.78 is 45.8. The lowest BCUT2D eigenvalue weighted by Crippen LogP contribution is -2.48. The summed E-state index contributed by atoms with van der Waals surface area (Å²) in [7, 11) is -3.68. The number of sulfonamides is 1. The van der Waals surface area contributed by atoms with E-state index in [-0.39, 0.29) is 29.7 Å². The van der Waals surface area contributed by atoms with Crippen molar-refractivity contribution in [1.29, 1.82) is 0 Å². The quantitative estimate of drug-likeness (QED) is 0.513. The smallest absolute Gasteiger partial charge is 0.245 e. The van der Waals surface area contributed by atoms with E-state index in [1.807, 2.05) is 12.1 Å². The largest absolute Gasteiger partial charge is 0.339 e. The molecule has 0 amide bonds. The van der Waals surface area contributed by atoms with Gasteiger partial charge in [0.15, 0.2) is 0 Å². The Morgan fingerprint density at radius 3 is 2.59 bits per heavy atom. The third kappa shape index (κ3) is 3.08. The lowest BCUT2D eigenvalue weighted by molar-refractivity contribution is 0.217. The van der Waals surface area contributed by atoms with E-state index in [4.69, 9.17) is 4.52 Å². The van der Waals surface area contributed by atoms with E-state index in [0.717, 1.165) is 5.39 Å². The number of hydrogen-bond acceptors (Lipinski definition) is 6. The summed E-state index contributed by atoms with van der Waals surface area (Å²) in [6.45, 7) is 0.493. The highest BCUT2D eigenvalue weighted by Gasteiger charge is 2.41. The van der Waals surface area contributed by atoms with E-state index in [0.29, 0.717) is 22.8 Å². The number of pyridine rings is 1. The number of benzene rings is 2. The maximum atomic E-state index is 13.1. The van der Waals surface area contributed by atoms with Crippen LogP contribution in [0.25, 0.3) is 22.3 Å². The van der Waals surface area contributed by atoms with Gasteiger partial charge in [0.05, 0.1) is 11.4 Å². The van der Waals surface area contributed by atoms with E-state index in [9.17, 15) is 12.8 Å². The van der Waals surface area contributed by atoms with Gasteiger partial charge in [-0.15, -0.1) is 0 Å². The molecular weight excluding hydrogens is 395 g/mol. The number of para-hydroxylation sites is 1. The highest BCUT2D eigenvalue weighted by molar-refractivity contribution is 7.89. The van der Waals surface area contributed by atoms with Crippen molar-refractivity contribution in [1.82, 2.24) is 19.4 Å². The van der Waals surface area contributed by atoms with Crippen LogP contribution in [0.1, 0.15) is 11.8 Å². The van der Waals surface area contributed by atoms with Crippen molar-refractivity contribution >= 4 is 20.9 Å². The monoisotopic (exact) mass is 410 g/mol. The summed E-state index contributed by atoms with van der Waals surface area (Å²) in [5.41, 5.74) is 1.09. The van der Waals surface area contributed by atoms with Crippen LogP contribution in [0.2, 0.25) is 0 Å². The molecule has 0 radical (unpaired) electrons. The first kappa shape index (κ1) is 17.9. The first-order chi connectivity index (χ1) is 14.0. The van der Waals surface area contributed by atoms with Crippen molar-refractivity contribution in [2.45, 2.75) is 10.8 Å². The molecule has 2 aromatic carbocycles. The van der Waals surface area contributed by atoms with Crippen molar-refractivity contribution < 1.29 is 17.3 Å². The minimum Gasteiger partial charge on any atom is -0.339 e. The first-order valence-corrected chi connectivity index (χ1v) is 10.4. The fraction of sp³-hybridized carbons (Fsp3) is 0.150. The maximum absolute atomic E-state index is 13.1. The van der Waals surface area contributed by atoms with Crippen LogP contribution in [-0.4, -0.2) is 40.9 Å². The first-order valence-electron chi connectivity index (χ1n) is 8.96. The Morgan fingerprint density at radius 2 is 1.79 bits per heavy atom. The summed E-state index contributed by atoms with van der Waals surface area (Å²) in [5, 5.41) is 4.69. The van der Waals surface area contributed by atoms with Crippen LogP contribution in [0.4, 0.5) is 4.39 Å². The van der Waals surface area contributed by atoms with Gasteiger partial charge in [0, 0.05) is 30.2 Å². The Morgan fingerprint density at radius 1 is 1.03 bits per heavy atom. The average molecular weight is 410 g/mol. The molecule has 0 spiro atoms. The number of fused-ring (bicyclic) bond motifs is 1. The summed E-state index contributed by atoms with van der Waals surface area (Å²) in [6, 6.07) is 14.5. The molecule has 1 saturated heterocycles. The molecule has 0 N–H and O–H groups in total. The van der Waals surface area contributed by atoms with Crippen molar-refractivity contribution in [3.05, 3.63) is 72.5 Å². The lowest BCUT2D eigenvalue weighted by atomic mass is 10.0. The number of hydrogen-bond donors (Lipinski definition) is 0. The molecule has 4 aromatic rings. The molecule has 0 bridgehead atoms. The second-order valence-electron chi connectivity index (χ2n) is 6.81. The molecule has 1 aliphatic heterocycles. The zero-order valence-electron chi connectivity index (χ0n) is 15.1. The van der Waals surface area contributed by atoms with Gasteiger partial charge in [-0.2, -0.15) is 9.29 Å². The van der Waals surface area contributed by atoms with E-state index in [1.54, 1.807) is 36.5 Å². The van der Waals surface area contributed by atoms with Gasteiger partial charge in [0.2, 0.25) is 21.7 Å². The molecule has 0 unspecified atom stereocenters. The lowest BCUT2D eigenvalue weighted by Gasteiger charge is -2.35. The normalized spacial score (nSPS) is 15.5. The van der Waals surface area contributed by atoms with Crippen molar-refractivity contribution in [2.75, 3.05) is 13.1 Å². The molecule has 1 fully saturated rings. The van der Waals surface area contributed by atoms with Crippen LogP contribution in [-0.2, 0) is 10.0 Å². The molecule has 9 heteroatoms. The zero-order chi connectivity index (χ0) is 20.0. The average Bonchev–Trinajstić information content (AvgIpc) is 3.16. The number of aromatic nitrogens is 3. The fourth-order valence-corrected chi connectivity index (χ4v) is 5.03. The second kappa shape index (κ2) is 6.71. The highest BCUT2D eigenvalue weighted by atomic mass is 32.2. The van der Waals surface area contributed by atoms with Gasteiger partial charge in [0.1, 0.15) is 10.7 Å². The van der Waals surface area contributed by atoms with Crippen molar-refractivity contribution in [3.63, 3.8) is 0 Å². The molecule has 0 atom stereocenters. The number of nitrogens with zero attached hydrogens (tertiary/aromatic N) is 4. The Balaban J connectivity index is 1.36. The highest BCUT2D eigenvalue weighted by Crippen LogP contribution is 2.33. The van der Waals surface area contributed by atoms with Gasteiger partial charge in [-0.25, -0.2) is 12.8 Å². The van der Waals surface area contributed by atoms with E-state index < -0.39 is 10.0 Å². The van der Waals surface area contributed by atoms with Gasteiger partial charge >= 0.3 is 0 Å². The molecular formula is C20H15FN4O3S. The predicted molar refractivity (Wildman–Crippen MR) is 103 cm³/mol. The molecule has 29 heavy (non-hydrogen) atoms. The van der Waals surface area contributed by atoms with Gasteiger partial charge in [0.25, 0.3) is 0 Å². The van der Waals surface area contributed by atoms with Crippen molar-refractivity contribution in [2.24, 2.45) is 0 Å². The molecule has 0 aliphatic carbocycles. The van der Waals surface area contributed by atoms with Gasteiger partial charge in [-0.3, -0.25) is 4.98 Å². The van der Waals surface area contributed by atoms with Crippen LogP contribution in [0, 0.1) is 5.82 Å². The molecule has 0 saturated carbocycles. The Hall–Kier alpha value is -3.17. The Kier molecular flexibility index (Phi) is 4.14. The van der Waals surface area contributed by atoms with Gasteiger partial charge in [-0.1, -0.05) is 23.4 Å². The van der Waals surface area contributed by atoms with Crippen molar-refractivity contribution in [3.8, 4) is 11.4 Å². The topological polar surface area (TPSA) is 89.2 Å². The summed E-state index contributed by atoms with van der Waals surface area (Å²) >= 11 is 0.